The van der Waals surface area contributed by atoms with Crippen LogP contribution in [0.3, 0.4) is 0 Å². The number of rotatable bonds is 3. The second kappa shape index (κ2) is 6.33. The molecule has 2 heteroatoms. The Bertz CT molecular complexity index is 608. The number of benzene rings is 2. The quantitative estimate of drug-likeness (QED) is 0.788. The minimum atomic E-state index is 0.194. The molecule has 112 valence electrons. The van der Waals surface area contributed by atoms with Gasteiger partial charge in [0.05, 0.1) is 6.04 Å². The van der Waals surface area contributed by atoms with E-state index < -0.39 is 0 Å². The summed E-state index contributed by atoms with van der Waals surface area (Å²) in [4.78, 5) is 0. The first-order chi connectivity index (χ1) is 9.84. The fourth-order valence-electron chi connectivity index (χ4n) is 2.61. The van der Waals surface area contributed by atoms with Crippen molar-refractivity contribution in [3.63, 3.8) is 0 Å². The summed E-state index contributed by atoms with van der Waals surface area (Å²) < 4.78 is 1.16. The van der Waals surface area contributed by atoms with E-state index in [0.717, 1.165) is 4.47 Å². The molecule has 0 aliphatic rings. The summed E-state index contributed by atoms with van der Waals surface area (Å²) in [6.07, 6.45) is 0. The Hall–Kier alpha value is -1.12. The van der Waals surface area contributed by atoms with Gasteiger partial charge in [-0.2, -0.15) is 0 Å². The molecule has 21 heavy (non-hydrogen) atoms. The third-order valence-corrected chi connectivity index (χ3v) is 4.88. The van der Waals surface area contributed by atoms with Crippen LogP contribution < -0.4 is 5.32 Å². The molecule has 1 atom stereocenters. The first-order valence-electron chi connectivity index (χ1n) is 7.37. The van der Waals surface area contributed by atoms with Crippen molar-refractivity contribution in [1.82, 2.24) is 5.32 Å². The first-order valence-corrected chi connectivity index (χ1v) is 8.16. The third kappa shape index (κ3) is 3.56. The average Bonchev–Trinajstić information content (AvgIpc) is 2.44. The molecule has 0 amide bonds. The molecule has 0 heterocycles. The number of hydrogen-bond acceptors (Lipinski definition) is 1. The van der Waals surface area contributed by atoms with Crippen LogP contribution in [0.2, 0.25) is 0 Å². The SMILES string of the molecule is CNC(c1ccc(C(C)(C)C)cc1)c1cccc(Br)c1C. The van der Waals surface area contributed by atoms with Crippen molar-refractivity contribution in [2.75, 3.05) is 7.05 Å². The fourth-order valence-corrected chi connectivity index (χ4v) is 3.00. The first kappa shape index (κ1) is 16.3. The van der Waals surface area contributed by atoms with Crippen LogP contribution in [0.1, 0.15) is 49.1 Å². The summed E-state index contributed by atoms with van der Waals surface area (Å²) in [5.41, 5.74) is 5.46. The van der Waals surface area contributed by atoms with Gasteiger partial charge in [-0.25, -0.2) is 0 Å². The molecule has 2 aromatic carbocycles. The maximum atomic E-state index is 3.63. The van der Waals surface area contributed by atoms with Gasteiger partial charge in [0.15, 0.2) is 0 Å². The largest absolute Gasteiger partial charge is 0.309 e. The normalized spacial score (nSPS) is 13.2. The highest BCUT2D eigenvalue weighted by atomic mass is 79.9. The molecular formula is C19H24BrN. The van der Waals surface area contributed by atoms with Gasteiger partial charge in [-0.3, -0.25) is 0 Å². The van der Waals surface area contributed by atoms with E-state index in [4.69, 9.17) is 0 Å². The lowest BCUT2D eigenvalue weighted by Gasteiger charge is -2.23. The zero-order valence-electron chi connectivity index (χ0n) is 13.5. The molecular weight excluding hydrogens is 322 g/mol. The van der Waals surface area contributed by atoms with Crippen LogP contribution in [0.25, 0.3) is 0 Å². The number of hydrogen-bond donors (Lipinski definition) is 1. The van der Waals surface area contributed by atoms with Crippen molar-refractivity contribution in [2.24, 2.45) is 0 Å². The van der Waals surface area contributed by atoms with E-state index in [2.05, 4.69) is 91.4 Å². The Morgan fingerprint density at radius 2 is 1.62 bits per heavy atom. The molecule has 0 radical (unpaired) electrons. The summed E-state index contributed by atoms with van der Waals surface area (Å²) in [5, 5.41) is 3.44. The Morgan fingerprint density at radius 3 is 2.14 bits per heavy atom. The smallest absolute Gasteiger partial charge is 0.0577 e. The van der Waals surface area contributed by atoms with E-state index >= 15 is 0 Å². The molecule has 0 fully saturated rings. The van der Waals surface area contributed by atoms with Crippen LogP contribution in [-0.2, 0) is 5.41 Å². The van der Waals surface area contributed by atoms with E-state index in [9.17, 15) is 0 Å². The maximum absolute atomic E-state index is 3.63. The average molecular weight is 346 g/mol. The Labute approximate surface area is 136 Å². The van der Waals surface area contributed by atoms with Crippen LogP contribution in [0, 0.1) is 6.92 Å². The highest BCUT2D eigenvalue weighted by Crippen LogP contribution is 2.30. The zero-order valence-corrected chi connectivity index (χ0v) is 15.1. The zero-order chi connectivity index (χ0) is 15.6. The van der Waals surface area contributed by atoms with Gasteiger partial charge in [0.2, 0.25) is 0 Å². The van der Waals surface area contributed by atoms with E-state index in [1.807, 2.05) is 7.05 Å². The lowest BCUT2D eigenvalue weighted by molar-refractivity contribution is 0.589. The van der Waals surface area contributed by atoms with Crippen molar-refractivity contribution in [2.45, 2.75) is 39.2 Å². The van der Waals surface area contributed by atoms with Gasteiger partial charge in [0.1, 0.15) is 0 Å². The topological polar surface area (TPSA) is 12.0 Å². The molecule has 2 aromatic rings. The third-order valence-electron chi connectivity index (χ3n) is 4.02. The van der Waals surface area contributed by atoms with E-state index in [1.54, 1.807) is 0 Å². The van der Waals surface area contributed by atoms with Crippen molar-refractivity contribution >= 4 is 15.9 Å². The Kier molecular flexibility index (Phi) is 4.90. The molecule has 1 N–H and O–H groups in total. The standard InChI is InChI=1S/C19H24BrN/c1-13-16(7-6-8-17(13)20)18(21-5)14-9-11-15(12-10-14)19(2,3)4/h6-12,18,21H,1-5H3. The van der Waals surface area contributed by atoms with Crippen molar-refractivity contribution in [3.8, 4) is 0 Å². The van der Waals surface area contributed by atoms with Gasteiger partial charge in [0.25, 0.3) is 0 Å². The van der Waals surface area contributed by atoms with Gasteiger partial charge < -0.3 is 5.32 Å². The summed E-state index contributed by atoms with van der Waals surface area (Å²) in [5.74, 6) is 0. The molecule has 0 aliphatic heterocycles. The van der Waals surface area contributed by atoms with E-state index in [1.165, 1.54) is 22.3 Å². The highest BCUT2D eigenvalue weighted by molar-refractivity contribution is 9.10. The minimum absolute atomic E-state index is 0.194. The molecule has 1 nitrogen and oxygen atoms in total. The van der Waals surface area contributed by atoms with Gasteiger partial charge in [-0.1, -0.05) is 73.1 Å². The molecule has 2 rings (SSSR count). The predicted molar refractivity (Wildman–Crippen MR) is 94.9 cm³/mol. The van der Waals surface area contributed by atoms with Gasteiger partial charge >= 0.3 is 0 Å². The Balaban J connectivity index is 2.40. The lowest BCUT2D eigenvalue weighted by atomic mass is 9.85. The fraction of sp³-hybridized carbons (Fsp3) is 0.368. The van der Waals surface area contributed by atoms with Crippen molar-refractivity contribution in [1.29, 1.82) is 0 Å². The van der Waals surface area contributed by atoms with Crippen molar-refractivity contribution < 1.29 is 0 Å². The summed E-state index contributed by atoms with van der Waals surface area (Å²) in [7, 11) is 2.02. The van der Waals surface area contributed by atoms with Crippen LogP contribution in [0.5, 0.6) is 0 Å². The molecule has 0 aliphatic carbocycles. The summed E-state index contributed by atoms with van der Waals surface area (Å²) in [6.45, 7) is 8.90. The summed E-state index contributed by atoms with van der Waals surface area (Å²) >= 11 is 3.63. The van der Waals surface area contributed by atoms with Gasteiger partial charge in [-0.15, -0.1) is 0 Å². The molecule has 0 saturated carbocycles. The van der Waals surface area contributed by atoms with Gasteiger partial charge in [-0.05, 0) is 47.7 Å². The Morgan fingerprint density at radius 1 is 1.00 bits per heavy atom. The maximum Gasteiger partial charge on any atom is 0.0577 e. The van der Waals surface area contributed by atoms with Crippen LogP contribution in [0.4, 0.5) is 0 Å². The molecule has 0 aromatic heterocycles. The molecule has 0 bridgehead atoms. The van der Waals surface area contributed by atoms with Crippen LogP contribution in [0.15, 0.2) is 46.9 Å². The number of nitrogens with one attached hydrogen (secondary N) is 1. The van der Waals surface area contributed by atoms with E-state index in [-0.39, 0.29) is 11.5 Å². The molecule has 0 saturated heterocycles. The van der Waals surface area contributed by atoms with Crippen LogP contribution >= 0.6 is 15.9 Å². The second-order valence-electron chi connectivity index (χ2n) is 6.55. The summed E-state index contributed by atoms with van der Waals surface area (Å²) in [6, 6.07) is 15.6. The van der Waals surface area contributed by atoms with Gasteiger partial charge in [0, 0.05) is 4.47 Å². The minimum Gasteiger partial charge on any atom is -0.309 e. The predicted octanol–water partition coefficient (Wildman–Crippen LogP) is 5.36. The van der Waals surface area contributed by atoms with E-state index in [0.29, 0.717) is 0 Å². The molecule has 1 unspecified atom stereocenters. The lowest BCUT2D eigenvalue weighted by Crippen LogP contribution is -2.19. The monoisotopic (exact) mass is 345 g/mol. The van der Waals surface area contributed by atoms with Crippen molar-refractivity contribution in [3.05, 3.63) is 69.2 Å². The second-order valence-corrected chi connectivity index (χ2v) is 7.40. The van der Waals surface area contributed by atoms with Crippen LogP contribution in [-0.4, -0.2) is 7.05 Å². The highest BCUT2D eigenvalue weighted by Gasteiger charge is 2.17. The molecule has 0 spiro atoms. The number of halogens is 1.